The maximum atomic E-state index is 9.02. The molecule has 1 aromatic carbocycles. The maximum Gasteiger partial charge on any atom is 0.198 e. The largest absolute Gasteiger partial charge is 0.231 e. The van der Waals surface area contributed by atoms with Crippen molar-refractivity contribution in [2.24, 2.45) is 5.14 Å². The molecule has 0 fully saturated rings. The number of nitriles is 1. The van der Waals surface area contributed by atoms with Gasteiger partial charge in [0.05, 0.1) is 0 Å². The van der Waals surface area contributed by atoms with E-state index in [9.17, 15) is 0 Å². The number of thiol groups is 1. The number of unbranched alkanes of at least 4 members (excludes halogenated alkanes) is 3. The SMILES string of the molecule is CCCCCCOc1cccc([AsH2])c1C#N.N[SH](=O)=O. The molecule has 0 aliphatic rings. The van der Waals surface area contributed by atoms with Crippen molar-refractivity contribution in [3.05, 3.63) is 23.8 Å². The van der Waals surface area contributed by atoms with Crippen molar-refractivity contribution < 1.29 is 13.2 Å². The van der Waals surface area contributed by atoms with Gasteiger partial charge < -0.3 is 0 Å². The van der Waals surface area contributed by atoms with E-state index < -0.39 is 10.9 Å². The fraction of sp³-hybridized carbons (Fsp3) is 0.462. The van der Waals surface area contributed by atoms with Crippen molar-refractivity contribution in [2.75, 3.05) is 6.61 Å². The number of nitrogens with zero attached hydrogens (tertiary/aromatic N) is 1. The van der Waals surface area contributed by atoms with Crippen molar-refractivity contribution >= 4 is 32.1 Å². The third-order valence-electron chi connectivity index (χ3n) is 2.43. The van der Waals surface area contributed by atoms with Crippen LogP contribution in [-0.4, -0.2) is 31.9 Å². The summed E-state index contributed by atoms with van der Waals surface area (Å²) in [5, 5.41) is 13.1. The fourth-order valence-corrected chi connectivity index (χ4v) is 2.17. The van der Waals surface area contributed by atoms with Crippen molar-refractivity contribution in [2.45, 2.75) is 32.6 Å². The molecule has 7 heteroatoms. The number of benzene rings is 1. The summed E-state index contributed by atoms with van der Waals surface area (Å²) >= 11 is 1.46. The summed E-state index contributed by atoms with van der Waals surface area (Å²) in [6, 6.07) is 7.99. The van der Waals surface area contributed by atoms with Crippen LogP contribution in [0.5, 0.6) is 5.75 Å². The molecule has 0 heterocycles. The Morgan fingerprint density at radius 3 is 2.55 bits per heavy atom. The van der Waals surface area contributed by atoms with E-state index in [4.69, 9.17) is 18.4 Å². The molecule has 0 spiro atoms. The number of hydrogen-bond acceptors (Lipinski definition) is 4. The summed E-state index contributed by atoms with van der Waals surface area (Å²) in [7, 11) is -2.62. The average Bonchev–Trinajstić information content (AvgIpc) is 2.38. The van der Waals surface area contributed by atoms with Crippen molar-refractivity contribution in [3.8, 4) is 11.8 Å². The maximum absolute atomic E-state index is 9.02. The molecule has 2 N–H and O–H groups in total. The van der Waals surface area contributed by atoms with Gasteiger partial charge in [0.1, 0.15) is 0 Å². The van der Waals surface area contributed by atoms with E-state index in [0.717, 1.165) is 16.5 Å². The summed E-state index contributed by atoms with van der Waals surface area (Å²) in [6.07, 6.45) is 4.76. The second-order valence-corrected chi connectivity index (χ2v) is 5.90. The molecular formula is C13H21AsN2O3S. The van der Waals surface area contributed by atoms with Crippen LogP contribution in [0.25, 0.3) is 0 Å². The summed E-state index contributed by atoms with van der Waals surface area (Å²) in [4.78, 5) is 0. The van der Waals surface area contributed by atoms with Gasteiger partial charge in [0.25, 0.3) is 0 Å². The van der Waals surface area contributed by atoms with Gasteiger partial charge in [-0.1, -0.05) is 0 Å². The number of hydrogen-bond donors (Lipinski definition) is 2. The Kier molecular flexibility index (Phi) is 11.2. The number of nitrogens with two attached hydrogens (primary N) is 1. The van der Waals surface area contributed by atoms with E-state index in [1.54, 1.807) is 0 Å². The molecule has 0 aromatic heterocycles. The zero-order valence-electron chi connectivity index (χ0n) is 11.5. The fourth-order valence-electron chi connectivity index (χ4n) is 1.50. The van der Waals surface area contributed by atoms with Gasteiger partial charge in [0.2, 0.25) is 0 Å². The molecule has 20 heavy (non-hydrogen) atoms. The molecule has 0 aliphatic heterocycles. The molecule has 112 valence electrons. The molecule has 0 bridgehead atoms. The first-order valence-corrected chi connectivity index (χ1v) is 8.79. The van der Waals surface area contributed by atoms with Gasteiger partial charge >= 0.3 is 106 Å². The predicted molar refractivity (Wildman–Crippen MR) is 83.5 cm³/mol. The standard InChI is InChI=1S/C13H18AsNO.H3NO2S/c1-2-3-4-5-9-16-13-8-6-7-12(14)11(13)10-15;1-4(2)3/h6-8H,2-5,9,14H2,1H3;4H,(H2,1,2,3). The van der Waals surface area contributed by atoms with Crippen LogP contribution in [0, 0.1) is 11.3 Å². The second-order valence-electron chi connectivity index (χ2n) is 4.03. The zero-order valence-corrected chi connectivity index (χ0v) is 14.9. The van der Waals surface area contributed by atoms with E-state index in [1.807, 2.05) is 18.2 Å². The monoisotopic (exact) mass is 360 g/mol. The van der Waals surface area contributed by atoms with Gasteiger partial charge in [0.15, 0.2) is 10.9 Å². The molecule has 0 radical (unpaired) electrons. The number of rotatable bonds is 6. The third kappa shape index (κ3) is 8.97. The molecule has 5 nitrogen and oxygen atoms in total. The quantitative estimate of drug-likeness (QED) is 0.432. The second kappa shape index (κ2) is 11.8. The van der Waals surface area contributed by atoms with Gasteiger partial charge in [-0.3, -0.25) is 0 Å². The Bertz CT molecular complexity index is 505. The van der Waals surface area contributed by atoms with E-state index >= 15 is 0 Å². The van der Waals surface area contributed by atoms with Gasteiger partial charge in [-0.25, -0.2) is 13.6 Å². The Labute approximate surface area is 130 Å². The van der Waals surface area contributed by atoms with Crippen LogP contribution in [0.4, 0.5) is 0 Å². The summed E-state index contributed by atoms with van der Waals surface area (Å²) in [6.45, 7) is 2.91. The molecule has 1 atom stereocenters. The predicted octanol–water partition coefficient (Wildman–Crippen LogP) is 0.247. The first-order chi connectivity index (χ1) is 9.52. The van der Waals surface area contributed by atoms with Crippen LogP contribution < -0.4 is 14.2 Å². The smallest absolute Gasteiger partial charge is 0.198 e. The third-order valence-corrected chi connectivity index (χ3v) is 3.44. The molecule has 1 unspecified atom stereocenters. The average molecular weight is 360 g/mol. The van der Waals surface area contributed by atoms with Crippen LogP contribution in [0.3, 0.4) is 0 Å². The van der Waals surface area contributed by atoms with Crippen molar-refractivity contribution in [1.82, 2.24) is 0 Å². The van der Waals surface area contributed by atoms with Crippen LogP contribution in [0.1, 0.15) is 38.2 Å². The van der Waals surface area contributed by atoms with Crippen LogP contribution in [-0.2, 0) is 10.9 Å². The van der Waals surface area contributed by atoms with Crippen LogP contribution >= 0.6 is 0 Å². The normalized spacial score (nSPS) is 9.55. The molecule has 0 saturated carbocycles. The van der Waals surface area contributed by atoms with Crippen LogP contribution in [0.15, 0.2) is 18.2 Å². The molecule has 0 aliphatic carbocycles. The van der Waals surface area contributed by atoms with Gasteiger partial charge in [-0.15, -0.1) is 0 Å². The first kappa shape index (κ1) is 19.0. The van der Waals surface area contributed by atoms with Crippen molar-refractivity contribution in [3.63, 3.8) is 0 Å². The summed E-state index contributed by atoms with van der Waals surface area (Å²) in [5.41, 5.74) is 0.693. The van der Waals surface area contributed by atoms with Crippen molar-refractivity contribution in [1.29, 1.82) is 5.26 Å². The molecule has 1 aromatic rings. The minimum atomic E-state index is -2.62. The van der Waals surface area contributed by atoms with Gasteiger partial charge in [-0.05, 0) is 0 Å². The van der Waals surface area contributed by atoms with E-state index in [-0.39, 0.29) is 0 Å². The number of ether oxygens (including phenoxy) is 1. The van der Waals surface area contributed by atoms with E-state index in [2.05, 4.69) is 18.1 Å². The first-order valence-electron chi connectivity index (χ1n) is 6.33. The molecular weight excluding hydrogens is 339 g/mol. The minimum Gasteiger partial charge on any atom is -0.231 e. The minimum absolute atomic E-state index is 0.693. The van der Waals surface area contributed by atoms with E-state index in [1.165, 1.54) is 36.1 Å². The Hall–Kier alpha value is -1.02. The summed E-state index contributed by atoms with van der Waals surface area (Å²) < 4.78 is 24.3. The Morgan fingerprint density at radius 1 is 1.35 bits per heavy atom. The zero-order chi connectivity index (χ0) is 15.4. The van der Waals surface area contributed by atoms with Gasteiger partial charge in [-0.2, -0.15) is 0 Å². The van der Waals surface area contributed by atoms with Gasteiger partial charge in [0, 0.05) is 0 Å². The summed E-state index contributed by atoms with van der Waals surface area (Å²) in [5.74, 6) is 0.737. The molecule has 0 amide bonds. The van der Waals surface area contributed by atoms with E-state index in [0.29, 0.717) is 12.2 Å². The molecule has 0 saturated heterocycles. The molecule has 1 rings (SSSR count). The Balaban J connectivity index is 0.000000796. The van der Waals surface area contributed by atoms with Crippen LogP contribution in [0.2, 0.25) is 0 Å². The topological polar surface area (TPSA) is 93.2 Å². The Morgan fingerprint density at radius 2 is 2.00 bits per heavy atom.